The Morgan fingerprint density at radius 1 is 0.226 bits per heavy atom. The van der Waals surface area contributed by atoms with Gasteiger partial charge in [-0.2, -0.15) is 0 Å². The van der Waals surface area contributed by atoms with Crippen molar-refractivity contribution in [2.45, 2.75) is 0 Å². The van der Waals surface area contributed by atoms with Crippen LogP contribution in [-0.2, 0) is 0 Å². The normalized spacial score (nSPS) is 12.5. The average Bonchev–Trinajstić information content (AvgIpc) is 3.59. The molecule has 0 aliphatic heterocycles. The number of benzene rings is 12. The van der Waals surface area contributed by atoms with Crippen LogP contribution < -0.4 is 0 Å². The minimum Gasteiger partial charge on any atom is -0.456 e. The molecule has 0 saturated heterocycles. The second kappa shape index (κ2) is 9.88. The summed E-state index contributed by atoms with van der Waals surface area (Å²) in [4.78, 5) is 0. The Hall–Kier alpha value is -6.96. The van der Waals surface area contributed by atoms with Gasteiger partial charge in [-0.15, -0.1) is 0 Å². The van der Waals surface area contributed by atoms with E-state index in [2.05, 4.69) is 170 Å². The van der Waals surface area contributed by atoms with Gasteiger partial charge in [0.05, 0.1) is 0 Å². The second-order valence-electron chi connectivity index (χ2n) is 14.8. The van der Waals surface area contributed by atoms with E-state index in [1.54, 1.807) is 0 Å². The Bertz CT molecular complexity index is 3640. The summed E-state index contributed by atoms with van der Waals surface area (Å²) in [6, 6.07) is 63.2. The standard InChI is InChI=1S/C52H28O/c1-2-10-36-29(5-1)19-26-46-52(36)45-27-43-39(37-20-15-34-13-11-30-6-3-8-32-17-22-41(37)50(34)48(30)32)24-25-40(44(43)28-47(45)53-46)38-21-16-35-14-12-31-7-4-9-33-18-23-42(38)51(35)49(31)33/h1-28H. The van der Waals surface area contributed by atoms with Crippen LogP contribution in [0.25, 0.3) is 130 Å². The smallest absolute Gasteiger partial charge is 0.136 e. The van der Waals surface area contributed by atoms with Crippen LogP contribution in [0.5, 0.6) is 0 Å². The van der Waals surface area contributed by atoms with Crippen molar-refractivity contribution in [2.24, 2.45) is 0 Å². The number of hydrogen-bond acceptors (Lipinski definition) is 1. The Kier molecular flexibility index (Phi) is 5.17. The van der Waals surface area contributed by atoms with Crippen LogP contribution in [0.1, 0.15) is 0 Å². The zero-order valence-electron chi connectivity index (χ0n) is 28.6. The quantitative estimate of drug-likeness (QED) is 0.167. The molecule has 0 aliphatic rings. The first-order chi connectivity index (χ1) is 26.3. The molecule has 53 heavy (non-hydrogen) atoms. The molecule has 0 amide bonds. The molecule has 12 aromatic carbocycles. The molecule has 0 spiro atoms. The van der Waals surface area contributed by atoms with Gasteiger partial charge >= 0.3 is 0 Å². The van der Waals surface area contributed by atoms with Gasteiger partial charge in [-0.3, -0.25) is 0 Å². The molecule has 1 aromatic heterocycles. The lowest BCUT2D eigenvalue weighted by Crippen LogP contribution is -1.91. The van der Waals surface area contributed by atoms with Crippen molar-refractivity contribution in [1.82, 2.24) is 0 Å². The molecule has 242 valence electrons. The number of rotatable bonds is 2. The predicted molar refractivity (Wildman–Crippen MR) is 227 cm³/mol. The lowest BCUT2D eigenvalue weighted by atomic mass is 9.85. The lowest BCUT2D eigenvalue weighted by molar-refractivity contribution is 0.670. The second-order valence-corrected chi connectivity index (χ2v) is 14.8. The first kappa shape index (κ1) is 27.7. The molecule has 0 N–H and O–H groups in total. The van der Waals surface area contributed by atoms with Gasteiger partial charge in [0.1, 0.15) is 11.2 Å². The fourth-order valence-corrected chi connectivity index (χ4v) is 9.79. The van der Waals surface area contributed by atoms with Gasteiger partial charge in [-0.25, -0.2) is 0 Å². The van der Waals surface area contributed by atoms with Crippen molar-refractivity contribution in [2.75, 3.05) is 0 Å². The van der Waals surface area contributed by atoms with Crippen molar-refractivity contribution in [1.29, 1.82) is 0 Å². The first-order valence-electron chi connectivity index (χ1n) is 18.4. The van der Waals surface area contributed by atoms with Crippen LogP contribution in [0, 0.1) is 0 Å². The predicted octanol–water partition coefficient (Wildman–Crippen LogP) is 15.0. The van der Waals surface area contributed by atoms with E-state index in [0.29, 0.717) is 0 Å². The van der Waals surface area contributed by atoms with Crippen LogP contribution in [0.2, 0.25) is 0 Å². The highest BCUT2D eigenvalue weighted by Crippen LogP contribution is 2.47. The maximum atomic E-state index is 6.73. The Labute approximate surface area is 303 Å². The van der Waals surface area contributed by atoms with Crippen LogP contribution >= 0.6 is 0 Å². The van der Waals surface area contributed by atoms with Gasteiger partial charge in [0, 0.05) is 10.8 Å². The summed E-state index contributed by atoms with van der Waals surface area (Å²) in [7, 11) is 0. The largest absolute Gasteiger partial charge is 0.456 e. The van der Waals surface area contributed by atoms with Crippen LogP contribution in [0.15, 0.2) is 174 Å². The number of fused-ring (bicyclic) bond motifs is 6. The molecule has 1 heterocycles. The molecule has 0 unspecified atom stereocenters. The van der Waals surface area contributed by atoms with Crippen molar-refractivity contribution < 1.29 is 4.42 Å². The molecule has 0 aliphatic carbocycles. The Balaban J connectivity index is 1.18. The van der Waals surface area contributed by atoms with E-state index >= 15 is 0 Å². The van der Waals surface area contributed by atoms with Gasteiger partial charge in [-0.1, -0.05) is 152 Å². The Morgan fingerprint density at radius 3 is 1.26 bits per heavy atom. The highest BCUT2D eigenvalue weighted by Gasteiger charge is 2.20. The summed E-state index contributed by atoms with van der Waals surface area (Å²) in [5.74, 6) is 0. The van der Waals surface area contributed by atoms with Gasteiger partial charge in [-0.05, 0) is 127 Å². The zero-order valence-corrected chi connectivity index (χ0v) is 28.6. The number of furan rings is 1. The maximum Gasteiger partial charge on any atom is 0.136 e. The summed E-state index contributed by atoms with van der Waals surface area (Å²) >= 11 is 0. The molecular formula is C52H28O. The van der Waals surface area contributed by atoms with Gasteiger partial charge in [0.25, 0.3) is 0 Å². The molecule has 0 radical (unpaired) electrons. The molecule has 13 rings (SSSR count). The topological polar surface area (TPSA) is 13.1 Å². The summed E-state index contributed by atoms with van der Waals surface area (Å²) in [6.07, 6.45) is 0. The van der Waals surface area contributed by atoms with E-state index in [0.717, 1.165) is 16.6 Å². The molecular weight excluding hydrogens is 641 g/mol. The number of hydrogen-bond donors (Lipinski definition) is 0. The van der Waals surface area contributed by atoms with Gasteiger partial charge < -0.3 is 4.42 Å². The zero-order chi connectivity index (χ0) is 34.4. The van der Waals surface area contributed by atoms with Crippen molar-refractivity contribution in [3.05, 3.63) is 170 Å². The average molecular weight is 669 g/mol. The van der Waals surface area contributed by atoms with Crippen molar-refractivity contribution in [3.8, 4) is 22.3 Å². The SMILES string of the molecule is c1ccc2c(c1)ccc1oc3cc4c(-c5ccc6ccc7cccc8ccc5c6c78)ccc(-c5ccc6ccc7cccc8ccc5c6c78)c4cc3c12. The van der Waals surface area contributed by atoms with Crippen LogP contribution in [-0.4, -0.2) is 0 Å². The molecule has 0 bridgehead atoms. The summed E-state index contributed by atoms with van der Waals surface area (Å²) in [6.45, 7) is 0. The third kappa shape index (κ3) is 3.61. The maximum absolute atomic E-state index is 6.73. The highest BCUT2D eigenvalue weighted by molar-refractivity contribution is 6.30. The molecule has 0 fully saturated rings. The van der Waals surface area contributed by atoms with Crippen molar-refractivity contribution >= 4 is 108 Å². The van der Waals surface area contributed by atoms with E-state index < -0.39 is 0 Å². The minimum absolute atomic E-state index is 0.912. The lowest BCUT2D eigenvalue weighted by Gasteiger charge is -2.18. The van der Waals surface area contributed by atoms with Crippen molar-refractivity contribution in [3.63, 3.8) is 0 Å². The van der Waals surface area contributed by atoms with Crippen LogP contribution in [0.3, 0.4) is 0 Å². The molecule has 0 atom stereocenters. The van der Waals surface area contributed by atoms with Gasteiger partial charge in [0.2, 0.25) is 0 Å². The summed E-state index contributed by atoms with van der Waals surface area (Å²) in [5.41, 5.74) is 6.77. The third-order valence-corrected chi connectivity index (χ3v) is 12.1. The van der Waals surface area contributed by atoms with E-state index in [-0.39, 0.29) is 0 Å². The molecule has 1 heteroatoms. The highest BCUT2D eigenvalue weighted by atomic mass is 16.3. The fourth-order valence-electron chi connectivity index (χ4n) is 9.79. The van der Waals surface area contributed by atoms with E-state index in [4.69, 9.17) is 4.42 Å². The van der Waals surface area contributed by atoms with E-state index in [9.17, 15) is 0 Å². The van der Waals surface area contributed by atoms with E-state index in [1.165, 1.54) is 114 Å². The monoisotopic (exact) mass is 668 g/mol. The summed E-state index contributed by atoms with van der Waals surface area (Å²) in [5, 5.41) is 22.8. The Morgan fingerprint density at radius 2 is 0.660 bits per heavy atom. The molecule has 1 nitrogen and oxygen atoms in total. The molecule has 0 saturated carbocycles. The minimum atomic E-state index is 0.912. The third-order valence-electron chi connectivity index (χ3n) is 12.1. The summed E-state index contributed by atoms with van der Waals surface area (Å²) < 4.78 is 6.73. The first-order valence-corrected chi connectivity index (χ1v) is 18.4. The van der Waals surface area contributed by atoms with Gasteiger partial charge in [0.15, 0.2) is 0 Å². The van der Waals surface area contributed by atoms with Crippen LogP contribution in [0.4, 0.5) is 0 Å². The van der Waals surface area contributed by atoms with E-state index in [1.807, 2.05) is 0 Å². The fraction of sp³-hybridized carbons (Fsp3) is 0. The molecule has 13 aromatic rings.